The van der Waals surface area contributed by atoms with Crippen LogP contribution in [-0.2, 0) is 10.8 Å². The molecule has 0 amide bonds. The molecule has 5 rings (SSSR count). The maximum atomic E-state index is 11.5. The van der Waals surface area contributed by atoms with Gasteiger partial charge in [-0.2, -0.15) is 0 Å². The first-order valence-corrected chi connectivity index (χ1v) is 13.9. The van der Waals surface area contributed by atoms with Crippen LogP contribution in [-0.4, -0.2) is 91.7 Å². The molecule has 4 heterocycles. The average Bonchev–Trinajstić information content (AvgIpc) is 3.17. The molecule has 3 N–H and O–H groups in total. The van der Waals surface area contributed by atoms with Crippen molar-refractivity contribution in [1.82, 2.24) is 25.1 Å². The van der Waals surface area contributed by atoms with Crippen LogP contribution in [0, 0.1) is 11.8 Å². The normalized spacial score (nSPS) is 17.2. The number of aromatic hydroxyl groups is 1. The lowest BCUT2D eigenvalue weighted by atomic mass is 10.1. The molecular formula is C26H30N8O2S. The fraction of sp³-hybridized carbons (Fsp3) is 0.385. The monoisotopic (exact) mass is 518 g/mol. The lowest BCUT2D eigenvalue weighted by Gasteiger charge is -2.25. The first-order chi connectivity index (χ1) is 18.1. The van der Waals surface area contributed by atoms with Crippen LogP contribution in [0.25, 0.3) is 11.3 Å². The van der Waals surface area contributed by atoms with E-state index in [9.17, 15) is 9.32 Å². The van der Waals surface area contributed by atoms with E-state index in [0.29, 0.717) is 29.4 Å². The predicted octanol–water partition coefficient (Wildman–Crippen LogP) is 1.35. The molecule has 0 spiro atoms. The first kappa shape index (κ1) is 24.9. The number of phenols is 1. The molecule has 2 fully saturated rings. The quantitative estimate of drug-likeness (QED) is 0.489. The molecule has 2 aliphatic rings. The van der Waals surface area contributed by atoms with Crippen molar-refractivity contribution in [1.29, 1.82) is 0 Å². The molecule has 11 heteroatoms. The van der Waals surface area contributed by atoms with Gasteiger partial charge in [-0.15, -0.1) is 10.2 Å². The molecular weight excluding hydrogens is 488 g/mol. The number of nitrogens with zero attached hydrogens (tertiary/aromatic N) is 7. The smallest absolute Gasteiger partial charge is 0.206 e. The Morgan fingerprint density at radius 3 is 2.62 bits per heavy atom. The molecule has 0 radical (unpaired) electrons. The Kier molecular flexibility index (Phi) is 7.77. The van der Waals surface area contributed by atoms with Gasteiger partial charge in [0.1, 0.15) is 11.6 Å². The summed E-state index contributed by atoms with van der Waals surface area (Å²) < 4.78 is 11.5. The van der Waals surface area contributed by atoms with Gasteiger partial charge in [-0.1, -0.05) is 18.1 Å². The highest BCUT2D eigenvalue weighted by Crippen LogP contribution is 2.31. The molecule has 0 unspecified atom stereocenters. The van der Waals surface area contributed by atoms with Crippen molar-refractivity contribution < 1.29 is 9.32 Å². The minimum absolute atomic E-state index is 0.157. The van der Waals surface area contributed by atoms with E-state index in [1.54, 1.807) is 18.3 Å². The summed E-state index contributed by atoms with van der Waals surface area (Å²) in [5, 5.41) is 18.6. The Morgan fingerprint density at radius 2 is 1.78 bits per heavy atom. The minimum Gasteiger partial charge on any atom is -0.507 e. The van der Waals surface area contributed by atoms with Crippen LogP contribution in [0.1, 0.15) is 12.2 Å². The highest BCUT2D eigenvalue weighted by Gasteiger charge is 2.20. The van der Waals surface area contributed by atoms with Crippen molar-refractivity contribution in [3.63, 3.8) is 0 Å². The van der Waals surface area contributed by atoms with Gasteiger partial charge in [0, 0.05) is 73.3 Å². The fourth-order valence-corrected chi connectivity index (χ4v) is 5.63. The summed E-state index contributed by atoms with van der Waals surface area (Å²) in [6.45, 7) is 5.41. The summed E-state index contributed by atoms with van der Waals surface area (Å²) >= 11 is 0. The molecule has 0 aliphatic carbocycles. The van der Waals surface area contributed by atoms with E-state index in [4.69, 9.17) is 10.7 Å². The van der Waals surface area contributed by atoms with Crippen LogP contribution >= 0.6 is 0 Å². The number of aromatic nitrogens is 4. The van der Waals surface area contributed by atoms with Gasteiger partial charge in [0.25, 0.3) is 0 Å². The van der Waals surface area contributed by atoms with Gasteiger partial charge in [-0.25, -0.2) is 9.97 Å². The number of rotatable bonds is 4. The summed E-state index contributed by atoms with van der Waals surface area (Å²) in [5.41, 5.74) is 8.23. The number of para-hydroxylation sites is 1. The molecule has 0 atom stereocenters. The van der Waals surface area contributed by atoms with Gasteiger partial charge in [-0.3, -0.25) is 9.11 Å². The molecule has 0 saturated carbocycles. The lowest BCUT2D eigenvalue weighted by Crippen LogP contribution is -2.37. The van der Waals surface area contributed by atoms with Crippen molar-refractivity contribution in [3.05, 3.63) is 48.4 Å². The topological polar surface area (TPSA) is 125 Å². The maximum absolute atomic E-state index is 11.5. The molecule has 192 valence electrons. The van der Waals surface area contributed by atoms with Crippen LogP contribution in [0.2, 0.25) is 0 Å². The standard InChI is InChI=1S/C26H30N8O2S/c27-26-22(19-21(30-31-26)20-5-1-2-6-23(20)35)33-11-4-12-34(14-13-33)25-8-9-28-24(29-25)7-3-10-32-15-17-37(36)18-16-32/h1-2,5-6,8-9,19,35H,4,10-18H2,(H2,27,31). The summed E-state index contributed by atoms with van der Waals surface area (Å²) in [7, 11) is -0.684. The van der Waals surface area contributed by atoms with Crippen LogP contribution in [0.15, 0.2) is 42.6 Å². The van der Waals surface area contributed by atoms with Gasteiger partial charge in [0.15, 0.2) is 5.82 Å². The summed E-state index contributed by atoms with van der Waals surface area (Å²) in [6, 6.07) is 10.9. The Bertz CT molecular complexity index is 1330. The maximum Gasteiger partial charge on any atom is 0.206 e. The molecule has 2 aliphatic heterocycles. The highest BCUT2D eigenvalue weighted by molar-refractivity contribution is 7.85. The third-order valence-corrected chi connectivity index (χ3v) is 7.83. The van der Waals surface area contributed by atoms with E-state index in [2.05, 4.69) is 41.7 Å². The Balaban J connectivity index is 1.25. The van der Waals surface area contributed by atoms with Crippen LogP contribution in [0.5, 0.6) is 5.75 Å². The van der Waals surface area contributed by atoms with Crippen LogP contribution in [0.4, 0.5) is 17.3 Å². The second-order valence-corrected chi connectivity index (χ2v) is 10.7. The largest absolute Gasteiger partial charge is 0.507 e. The van der Waals surface area contributed by atoms with Crippen LogP contribution < -0.4 is 15.5 Å². The average molecular weight is 519 g/mol. The molecule has 3 aromatic rings. The molecule has 2 saturated heterocycles. The van der Waals surface area contributed by atoms with Gasteiger partial charge >= 0.3 is 0 Å². The summed E-state index contributed by atoms with van der Waals surface area (Å²) in [5.74, 6) is 9.58. The molecule has 2 aromatic heterocycles. The second-order valence-electron chi connectivity index (χ2n) is 9.01. The predicted molar refractivity (Wildman–Crippen MR) is 146 cm³/mol. The van der Waals surface area contributed by atoms with E-state index in [-0.39, 0.29) is 5.75 Å². The summed E-state index contributed by atoms with van der Waals surface area (Å²) in [4.78, 5) is 15.7. The summed E-state index contributed by atoms with van der Waals surface area (Å²) in [6.07, 6.45) is 2.66. The zero-order valence-corrected chi connectivity index (χ0v) is 21.4. The second kappa shape index (κ2) is 11.5. The Labute approximate surface area is 219 Å². The number of nitrogens with two attached hydrogens (primary N) is 1. The third-order valence-electron chi connectivity index (χ3n) is 6.56. The number of anilines is 3. The lowest BCUT2D eigenvalue weighted by molar-refractivity contribution is 0.337. The Morgan fingerprint density at radius 1 is 1.00 bits per heavy atom. The zero-order valence-electron chi connectivity index (χ0n) is 20.6. The van der Waals surface area contributed by atoms with E-state index >= 15 is 0 Å². The molecule has 10 nitrogen and oxygen atoms in total. The zero-order chi connectivity index (χ0) is 25.6. The SMILES string of the molecule is Nc1nnc(-c2ccccc2O)cc1N1CCCN(c2ccnc(C#CCN3CCS(=O)CC3)n2)CC1. The molecule has 1 aromatic carbocycles. The van der Waals surface area contributed by atoms with Gasteiger partial charge in [0.2, 0.25) is 5.82 Å². The van der Waals surface area contributed by atoms with Crippen molar-refractivity contribution >= 4 is 28.1 Å². The number of phenolic OH excluding ortho intramolecular Hbond substituents is 1. The number of benzene rings is 1. The fourth-order valence-electron chi connectivity index (χ4n) is 4.50. The van der Waals surface area contributed by atoms with Crippen LogP contribution in [0.3, 0.4) is 0 Å². The number of nitrogen functional groups attached to an aromatic ring is 1. The Hall–Kier alpha value is -3.75. The number of hydrogen-bond donors (Lipinski definition) is 2. The van der Waals surface area contributed by atoms with Gasteiger partial charge in [0.05, 0.1) is 17.9 Å². The van der Waals surface area contributed by atoms with E-state index in [1.165, 1.54) is 0 Å². The van der Waals surface area contributed by atoms with E-state index in [0.717, 1.165) is 68.7 Å². The van der Waals surface area contributed by atoms with Gasteiger partial charge in [-0.05, 0) is 36.6 Å². The van der Waals surface area contributed by atoms with Crippen molar-refractivity contribution in [2.24, 2.45) is 0 Å². The first-order valence-electron chi connectivity index (χ1n) is 12.4. The highest BCUT2D eigenvalue weighted by atomic mass is 32.2. The number of hydrogen-bond acceptors (Lipinski definition) is 10. The molecule has 37 heavy (non-hydrogen) atoms. The van der Waals surface area contributed by atoms with E-state index < -0.39 is 10.8 Å². The third kappa shape index (κ3) is 6.15. The van der Waals surface area contributed by atoms with Gasteiger partial charge < -0.3 is 20.6 Å². The van der Waals surface area contributed by atoms with Crippen molar-refractivity contribution in [3.8, 4) is 28.8 Å². The van der Waals surface area contributed by atoms with E-state index in [1.807, 2.05) is 24.3 Å². The molecule has 0 bridgehead atoms. The minimum atomic E-state index is -0.684. The van der Waals surface area contributed by atoms with Crippen molar-refractivity contribution in [2.45, 2.75) is 6.42 Å². The van der Waals surface area contributed by atoms with Crippen molar-refractivity contribution in [2.75, 3.05) is 72.9 Å².